The Kier molecular flexibility index (Phi) is 6.54. The van der Waals surface area contributed by atoms with Gasteiger partial charge in [0.25, 0.3) is 0 Å². The highest BCUT2D eigenvalue weighted by atomic mass is 31.0. The van der Waals surface area contributed by atoms with E-state index in [1.807, 2.05) is 24.3 Å². The fourth-order valence-corrected chi connectivity index (χ4v) is 3.65. The fraction of sp³-hybridized carbons (Fsp3) is 0.182. The van der Waals surface area contributed by atoms with Crippen molar-refractivity contribution in [2.75, 3.05) is 7.11 Å². The van der Waals surface area contributed by atoms with Crippen LogP contribution in [0.15, 0.2) is 60.7 Å². The molecular weight excluding hydrogens is 361 g/mol. The van der Waals surface area contributed by atoms with Crippen LogP contribution in [0.25, 0.3) is 22.3 Å². The topological polar surface area (TPSA) is 9.23 Å². The van der Waals surface area contributed by atoms with Gasteiger partial charge in [-0.05, 0) is 57.3 Å². The van der Waals surface area contributed by atoms with Gasteiger partial charge in [0.05, 0.1) is 6.61 Å². The number of methoxy groups -OCH3 is 1. The summed E-state index contributed by atoms with van der Waals surface area (Å²) in [6, 6.07) is 20.2. The molecule has 2 atom stereocenters. The van der Waals surface area contributed by atoms with Crippen LogP contribution < -0.4 is 0 Å². The van der Waals surface area contributed by atoms with Gasteiger partial charge in [0.15, 0.2) is 0 Å². The summed E-state index contributed by atoms with van der Waals surface area (Å²) < 4.78 is 19.4. The van der Waals surface area contributed by atoms with Gasteiger partial charge >= 0.3 is 0 Å². The van der Waals surface area contributed by atoms with Crippen molar-refractivity contribution in [3.8, 4) is 22.3 Å². The highest BCUT2D eigenvalue weighted by Crippen LogP contribution is 2.29. The fourth-order valence-electron chi connectivity index (χ4n) is 3.07. The summed E-state index contributed by atoms with van der Waals surface area (Å²) in [5, 5.41) is 0. The zero-order valence-corrected chi connectivity index (χ0v) is 17.1. The Morgan fingerprint density at radius 2 is 1.46 bits per heavy atom. The third-order valence-corrected chi connectivity index (χ3v) is 5.42. The molecule has 2 unspecified atom stereocenters. The van der Waals surface area contributed by atoms with E-state index in [9.17, 15) is 4.39 Å². The van der Waals surface area contributed by atoms with Crippen LogP contribution in [-0.2, 0) is 23.7 Å². The molecule has 1 nitrogen and oxygen atoms in total. The molecule has 4 heteroatoms. The standard InChI is InChI=1S/C22H23FOP2/c1-24-12-20-10-15(13-25)2-9-21(20)17-5-3-16(4-6-17)18-7-8-19(14-26)22(23)11-18/h2-11H,12-14,25-26H2,1H3. The van der Waals surface area contributed by atoms with Crippen molar-refractivity contribution >= 4 is 18.5 Å². The van der Waals surface area contributed by atoms with Crippen LogP contribution >= 0.6 is 18.5 Å². The molecule has 3 aromatic rings. The first-order chi connectivity index (χ1) is 12.7. The smallest absolute Gasteiger partial charge is 0.127 e. The molecule has 0 saturated carbocycles. The van der Waals surface area contributed by atoms with Gasteiger partial charge in [0.1, 0.15) is 5.82 Å². The maximum absolute atomic E-state index is 14.1. The third-order valence-electron chi connectivity index (χ3n) is 4.51. The van der Waals surface area contributed by atoms with E-state index in [0.29, 0.717) is 18.3 Å². The first kappa shape index (κ1) is 19.2. The number of benzene rings is 3. The van der Waals surface area contributed by atoms with E-state index in [1.54, 1.807) is 13.2 Å². The predicted octanol–water partition coefficient (Wildman–Crippen LogP) is 6.06. The maximum atomic E-state index is 14.1. The second-order valence-corrected chi connectivity index (χ2v) is 7.03. The maximum Gasteiger partial charge on any atom is 0.127 e. The third kappa shape index (κ3) is 4.21. The van der Waals surface area contributed by atoms with Crippen molar-refractivity contribution < 1.29 is 9.13 Å². The molecule has 0 saturated heterocycles. The average Bonchev–Trinajstić information content (AvgIpc) is 2.68. The Labute approximate surface area is 159 Å². The van der Waals surface area contributed by atoms with Crippen molar-refractivity contribution in [2.45, 2.75) is 18.9 Å². The van der Waals surface area contributed by atoms with Gasteiger partial charge in [-0.15, -0.1) is 18.5 Å². The van der Waals surface area contributed by atoms with Crippen molar-refractivity contribution in [3.63, 3.8) is 0 Å². The van der Waals surface area contributed by atoms with Crippen molar-refractivity contribution in [1.29, 1.82) is 0 Å². The minimum atomic E-state index is -0.156. The normalized spacial score (nSPS) is 10.9. The van der Waals surface area contributed by atoms with Crippen LogP contribution in [0, 0.1) is 5.82 Å². The van der Waals surface area contributed by atoms with Gasteiger partial charge in [0, 0.05) is 7.11 Å². The van der Waals surface area contributed by atoms with Gasteiger partial charge in [-0.1, -0.05) is 54.6 Å². The number of hydrogen-bond donors (Lipinski definition) is 0. The van der Waals surface area contributed by atoms with E-state index in [4.69, 9.17) is 4.74 Å². The lowest BCUT2D eigenvalue weighted by Crippen LogP contribution is -1.94. The Bertz CT molecular complexity index is 891. The molecule has 0 aliphatic heterocycles. The van der Waals surface area contributed by atoms with E-state index < -0.39 is 0 Å². The first-order valence-corrected chi connectivity index (χ1v) is 10.2. The van der Waals surface area contributed by atoms with Gasteiger partial charge in [-0.2, -0.15) is 0 Å². The van der Waals surface area contributed by atoms with E-state index in [0.717, 1.165) is 22.9 Å². The average molecular weight is 384 g/mol. The molecule has 0 radical (unpaired) electrons. The lowest BCUT2D eigenvalue weighted by Gasteiger charge is -2.12. The predicted molar refractivity (Wildman–Crippen MR) is 115 cm³/mol. The molecule has 0 fully saturated rings. The molecule has 0 aliphatic carbocycles. The van der Waals surface area contributed by atoms with Crippen LogP contribution in [0.3, 0.4) is 0 Å². The molecule has 0 amide bonds. The van der Waals surface area contributed by atoms with Crippen LogP contribution in [0.4, 0.5) is 4.39 Å². The molecule has 0 N–H and O–H groups in total. The molecule has 134 valence electrons. The summed E-state index contributed by atoms with van der Waals surface area (Å²) in [5.74, 6) is -0.156. The van der Waals surface area contributed by atoms with E-state index in [2.05, 4.69) is 48.8 Å². The van der Waals surface area contributed by atoms with Gasteiger partial charge in [-0.3, -0.25) is 0 Å². The summed E-state index contributed by atoms with van der Waals surface area (Å²) in [7, 11) is 7.03. The Balaban J connectivity index is 1.94. The van der Waals surface area contributed by atoms with Crippen LogP contribution in [0.5, 0.6) is 0 Å². The minimum absolute atomic E-state index is 0.156. The van der Waals surface area contributed by atoms with Gasteiger partial charge in [-0.25, -0.2) is 4.39 Å². The van der Waals surface area contributed by atoms with Crippen molar-refractivity contribution in [1.82, 2.24) is 0 Å². The molecule has 0 spiro atoms. The molecule has 0 aliphatic rings. The van der Waals surface area contributed by atoms with E-state index in [1.165, 1.54) is 16.7 Å². The molecule has 0 bridgehead atoms. The molecule has 26 heavy (non-hydrogen) atoms. The monoisotopic (exact) mass is 384 g/mol. The van der Waals surface area contributed by atoms with E-state index >= 15 is 0 Å². The lowest BCUT2D eigenvalue weighted by molar-refractivity contribution is 0.185. The Morgan fingerprint density at radius 1 is 0.769 bits per heavy atom. The molecule has 0 aromatic heterocycles. The molecule has 3 aromatic carbocycles. The number of hydrogen-bond acceptors (Lipinski definition) is 1. The zero-order valence-electron chi connectivity index (χ0n) is 14.8. The highest BCUT2D eigenvalue weighted by Gasteiger charge is 2.08. The SMILES string of the molecule is COCc1cc(CP)ccc1-c1ccc(-c2ccc(CP)c(F)c2)cc1. The summed E-state index contributed by atoms with van der Waals surface area (Å²) in [6.45, 7) is 0.581. The minimum Gasteiger partial charge on any atom is -0.380 e. The Hall–Kier alpha value is -1.59. The molecular formula is C22H23FOP2. The zero-order chi connectivity index (χ0) is 18.5. The Morgan fingerprint density at radius 3 is 2.08 bits per heavy atom. The van der Waals surface area contributed by atoms with Gasteiger partial charge < -0.3 is 4.74 Å². The summed E-state index contributed by atoms with van der Waals surface area (Å²) in [5.41, 5.74) is 7.38. The van der Waals surface area contributed by atoms with Gasteiger partial charge in [0.2, 0.25) is 0 Å². The molecule has 3 rings (SSSR count). The van der Waals surface area contributed by atoms with Crippen LogP contribution in [-0.4, -0.2) is 7.11 Å². The summed E-state index contributed by atoms with van der Waals surface area (Å²) >= 11 is 0. The highest BCUT2D eigenvalue weighted by molar-refractivity contribution is 7.15. The first-order valence-electron chi connectivity index (χ1n) is 8.56. The second kappa shape index (κ2) is 8.87. The number of halogens is 1. The van der Waals surface area contributed by atoms with Crippen molar-refractivity contribution in [2.24, 2.45) is 0 Å². The molecule has 0 heterocycles. The number of ether oxygens (including phenoxy) is 1. The van der Waals surface area contributed by atoms with Crippen molar-refractivity contribution in [3.05, 3.63) is 83.2 Å². The quantitative estimate of drug-likeness (QED) is 0.470. The largest absolute Gasteiger partial charge is 0.380 e. The second-order valence-electron chi connectivity index (χ2n) is 6.22. The number of rotatable bonds is 6. The van der Waals surface area contributed by atoms with Crippen LogP contribution in [0.2, 0.25) is 0 Å². The lowest BCUT2D eigenvalue weighted by atomic mass is 9.95. The van der Waals surface area contributed by atoms with E-state index in [-0.39, 0.29) is 5.82 Å². The van der Waals surface area contributed by atoms with Crippen LogP contribution in [0.1, 0.15) is 16.7 Å². The summed E-state index contributed by atoms with van der Waals surface area (Å²) in [6.07, 6.45) is 1.55. The summed E-state index contributed by atoms with van der Waals surface area (Å²) in [4.78, 5) is 0.